The van der Waals surface area contributed by atoms with Crippen molar-refractivity contribution < 1.29 is 19.0 Å². The van der Waals surface area contributed by atoms with Crippen molar-refractivity contribution in [3.63, 3.8) is 0 Å². The first kappa shape index (κ1) is 19.3. The second-order valence-electron chi connectivity index (χ2n) is 4.31. The number of amides is 1. The monoisotopic (exact) mass is 318 g/mol. The molecule has 0 spiro atoms. The predicted molar refractivity (Wildman–Crippen MR) is 84.2 cm³/mol. The van der Waals surface area contributed by atoms with Crippen molar-refractivity contribution in [3.05, 3.63) is 17.7 Å². The van der Waals surface area contributed by atoms with Gasteiger partial charge in [0.1, 0.15) is 0 Å². The summed E-state index contributed by atoms with van der Waals surface area (Å²) in [5, 5.41) is 5.89. The van der Waals surface area contributed by atoms with Crippen molar-refractivity contribution in [1.82, 2.24) is 10.6 Å². The normalized spacial score (nSPS) is 11.1. The van der Waals surface area contributed by atoms with Gasteiger partial charge in [0.15, 0.2) is 11.5 Å². The molecule has 0 aliphatic heterocycles. The number of hydrogen-bond donors (Lipinski definition) is 2. The third kappa shape index (κ3) is 4.99. The minimum absolute atomic E-state index is 0. The number of rotatable bonds is 7. The van der Waals surface area contributed by atoms with E-state index in [9.17, 15) is 4.79 Å². The highest BCUT2D eigenvalue weighted by molar-refractivity contribution is 5.95. The van der Waals surface area contributed by atoms with Gasteiger partial charge >= 0.3 is 0 Å². The molecule has 6 nitrogen and oxygen atoms in total. The van der Waals surface area contributed by atoms with Crippen molar-refractivity contribution in [2.24, 2.45) is 0 Å². The molecule has 0 aromatic heterocycles. The zero-order valence-electron chi connectivity index (χ0n) is 13.0. The molecule has 1 amide bonds. The number of likely N-dealkylation sites (N-methyl/N-ethyl adjacent to an activating group) is 1. The molecule has 0 aliphatic rings. The lowest BCUT2D eigenvalue weighted by Crippen LogP contribution is -2.37. The third-order valence-electron chi connectivity index (χ3n) is 2.99. The SMILES string of the molecule is CNC(C)CNC(=O)c1cc(OC)c(OC)c(OC)c1.Cl. The van der Waals surface area contributed by atoms with E-state index < -0.39 is 0 Å². The fourth-order valence-electron chi connectivity index (χ4n) is 1.66. The van der Waals surface area contributed by atoms with E-state index in [-0.39, 0.29) is 24.4 Å². The highest BCUT2D eigenvalue weighted by Crippen LogP contribution is 2.38. The number of carbonyl (C=O) groups excluding carboxylic acids is 1. The van der Waals surface area contributed by atoms with E-state index in [0.29, 0.717) is 29.4 Å². The van der Waals surface area contributed by atoms with Crippen LogP contribution < -0.4 is 24.8 Å². The Morgan fingerprint density at radius 3 is 2.05 bits per heavy atom. The van der Waals surface area contributed by atoms with Gasteiger partial charge in [0, 0.05) is 18.2 Å². The van der Waals surface area contributed by atoms with Gasteiger partial charge in [-0.05, 0) is 26.1 Å². The van der Waals surface area contributed by atoms with Crippen molar-refractivity contribution in [2.45, 2.75) is 13.0 Å². The first-order chi connectivity index (χ1) is 9.57. The molecular formula is C14H23ClN2O4. The first-order valence-corrected chi connectivity index (χ1v) is 6.32. The molecule has 120 valence electrons. The number of halogens is 1. The molecule has 0 heterocycles. The van der Waals surface area contributed by atoms with E-state index in [1.54, 1.807) is 12.1 Å². The standard InChI is InChI=1S/C14H22N2O4.ClH/c1-9(15-2)8-16-14(17)10-6-11(18-3)13(20-5)12(7-10)19-4;/h6-7,9,15H,8H2,1-5H3,(H,16,17);1H. The Bertz CT molecular complexity index is 443. The van der Waals surface area contributed by atoms with Crippen LogP contribution >= 0.6 is 12.4 Å². The summed E-state index contributed by atoms with van der Waals surface area (Å²) in [5.41, 5.74) is 0.461. The molecule has 0 saturated heterocycles. The number of nitrogens with one attached hydrogen (secondary N) is 2. The first-order valence-electron chi connectivity index (χ1n) is 6.32. The van der Waals surface area contributed by atoms with Crippen molar-refractivity contribution in [3.8, 4) is 17.2 Å². The van der Waals surface area contributed by atoms with Gasteiger partial charge in [-0.25, -0.2) is 0 Å². The topological polar surface area (TPSA) is 68.8 Å². The molecule has 2 N–H and O–H groups in total. The zero-order valence-corrected chi connectivity index (χ0v) is 13.8. The van der Waals surface area contributed by atoms with Gasteiger partial charge in [-0.2, -0.15) is 0 Å². The Morgan fingerprint density at radius 1 is 1.14 bits per heavy atom. The van der Waals surface area contributed by atoms with Gasteiger partial charge in [0.05, 0.1) is 21.3 Å². The predicted octanol–water partition coefficient (Wildman–Crippen LogP) is 1.47. The van der Waals surface area contributed by atoms with Gasteiger partial charge in [-0.3, -0.25) is 4.79 Å². The summed E-state index contributed by atoms with van der Waals surface area (Å²) in [6, 6.07) is 3.45. The Hall–Kier alpha value is -1.66. The molecule has 1 aromatic carbocycles. The molecule has 0 bridgehead atoms. The van der Waals surface area contributed by atoms with Crippen LogP contribution in [0.15, 0.2) is 12.1 Å². The van der Waals surface area contributed by atoms with Crippen LogP contribution in [-0.2, 0) is 0 Å². The van der Waals surface area contributed by atoms with E-state index in [1.165, 1.54) is 21.3 Å². The molecule has 1 atom stereocenters. The van der Waals surface area contributed by atoms with Gasteiger partial charge in [0.2, 0.25) is 5.75 Å². The molecule has 21 heavy (non-hydrogen) atoms. The summed E-state index contributed by atoms with van der Waals surface area (Å²) in [5.74, 6) is 1.19. The summed E-state index contributed by atoms with van der Waals surface area (Å²) in [6.07, 6.45) is 0. The van der Waals surface area contributed by atoms with E-state index in [0.717, 1.165) is 0 Å². The van der Waals surface area contributed by atoms with Gasteiger partial charge < -0.3 is 24.8 Å². The molecule has 0 radical (unpaired) electrons. The summed E-state index contributed by atoms with van der Waals surface area (Å²) < 4.78 is 15.7. The largest absolute Gasteiger partial charge is 0.493 e. The van der Waals surface area contributed by atoms with Crippen LogP contribution in [0.1, 0.15) is 17.3 Å². The molecule has 0 saturated carbocycles. The molecule has 0 fully saturated rings. The summed E-state index contributed by atoms with van der Waals surface area (Å²) in [6.45, 7) is 2.52. The molecular weight excluding hydrogens is 296 g/mol. The lowest BCUT2D eigenvalue weighted by atomic mass is 10.1. The van der Waals surface area contributed by atoms with Crippen LogP contribution in [0.25, 0.3) is 0 Å². The maximum Gasteiger partial charge on any atom is 0.251 e. The van der Waals surface area contributed by atoms with Crippen LogP contribution in [0, 0.1) is 0 Å². The minimum atomic E-state index is -0.189. The zero-order chi connectivity index (χ0) is 15.1. The van der Waals surface area contributed by atoms with Gasteiger partial charge in [0.25, 0.3) is 5.91 Å². The van der Waals surface area contributed by atoms with Crippen LogP contribution in [0.3, 0.4) is 0 Å². The van der Waals surface area contributed by atoms with E-state index >= 15 is 0 Å². The molecule has 1 aromatic rings. The number of methoxy groups -OCH3 is 3. The number of ether oxygens (including phenoxy) is 3. The lowest BCUT2D eigenvalue weighted by molar-refractivity contribution is 0.0949. The second-order valence-corrected chi connectivity index (χ2v) is 4.31. The van der Waals surface area contributed by atoms with Gasteiger partial charge in [-0.15, -0.1) is 12.4 Å². The third-order valence-corrected chi connectivity index (χ3v) is 2.99. The van der Waals surface area contributed by atoms with Crippen LogP contribution in [0.2, 0.25) is 0 Å². The summed E-state index contributed by atoms with van der Waals surface area (Å²) in [4.78, 5) is 12.1. The average molecular weight is 319 g/mol. The van der Waals surface area contributed by atoms with Crippen molar-refractivity contribution >= 4 is 18.3 Å². The Labute approximate surface area is 131 Å². The van der Waals surface area contributed by atoms with Crippen LogP contribution in [-0.4, -0.2) is 46.9 Å². The minimum Gasteiger partial charge on any atom is -0.493 e. The molecule has 1 unspecified atom stereocenters. The summed E-state index contributed by atoms with van der Waals surface area (Å²) >= 11 is 0. The van der Waals surface area contributed by atoms with E-state index in [1.807, 2.05) is 14.0 Å². The molecule has 1 rings (SSSR count). The average Bonchev–Trinajstić information content (AvgIpc) is 2.50. The number of carbonyl (C=O) groups is 1. The maximum absolute atomic E-state index is 12.1. The number of hydrogen-bond acceptors (Lipinski definition) is 5. The highest BCUT2D eigenvalue weighted by Gasteiger charge is 2.17. The van der Waals surface area contributed by atoms with Crippen molar-refractivity contribution in [2.75, 3.05) is 34.9 Å². The molecule has 7 heteroatoms. The Balaban J connectivity index is 0.00000400. The number of benzene rings is 1. The Morgan fingerprint density at radius 2 is 1.67 bits per heavy atom. The molecule has 0 aliphatic carbocycles. The smallest absolute Gasteiger partial charge is 0.251 e. The maximum atomic E-state index is 12.1. The highest BCUT2D eigenvalue weighted by atomic mass is 35.5. The second kappa shape index (κ2) is 9.31. The van der Waals surface area contributed by atoms with Crippen LogP contribution in [0.4, 0.5) is 0 Å². The lowest BCUT2D eigenvalue weighted by Gasteiger charge is -2.15. The fourth-order valence-corrected chi connectivity index (χ4v) is 1.66. The van der Waals surface area contributed by atoms with Gasteiger partial charge in [-0.1, -0.05) is 0 Å². The van der Waals surface area contributed by atoms with Crippen LogP contribution in [0.5, 0.6) is 17.2 Å². The fraction of sp³-hybridized carbons (Fsp3) is 0.500. The summed E-state index contributed by atoms with van der Waals surface area (Å²) in [7, 11) is 6.40. The van der Waals surface area contributed by atoms with E-state index in [2.05, 4.69) is 10.6 Å². The quantitative estimate of drug-likeness (QED) is 0.797. The van der Waals surface area contributed by atoms with Crippen molar-refractivity contribution in [1.29, 1.82) is 0 Å². The van der Waals surface area contributed by atoms with E-state index in [4.69, 9.17) is 14.2 Å². The Kier molecular flexibility index (Phi) is 8.57.